The Balaban J connectivity index is 2.12. The Morgan fingerprint density at radius 3 is 2.67 bits per heavy atom. The van der Waals surface area contributed by atoms with Gasteiger partial charge in [-0.15, -0.1) is 0 Å². The lowest BCUT2D eigenvalue weighted by Crippen LogP contribution is -2.54. The summed E-state index contributed by atoms with van der Waals surface area (Å²) < 4.78 is 0.952. The molecular weight excluding hydrogens is 376 g/mol. The Hall–Kier alpha value is -1.63. The first-order valence-electron chi connectivity index (χ1n) is 8.21. The number of halogens is 1. The maximum atomic E-state index is 12.8. The number of carboxylic acids is 1. The van der Waals surface area contributed by atoms with E-state index in [0.29, 0.717) is 25.0 Å². The van der Waals surface area contributed by atoms with Crippen LogP contribution in [0.5, 0.6) is 0 Å². The van der Waals surface area contributed by atoms with E-state index < -0.39 is 18.1 Å². The van der Waals surface area contributed by atoms with Gasteiger partial charge >= 0.3 is 5.97 Å². The molecule has 1 heterocycles. The zero-order valence-corrected chi connectivity index (χ0v) is 15.5. The average molecular weight is 399 g/mol. The topological polar surface area (TPSA) is 86.7 Å². The van der Waals surface area contributed by atoms with E-state index >= 15 is 0 Å². The molecule has 2 aliphatic rings. The quantitative estimate of drug-likeness (QED) is 0.742. The molecule has 2 N–H and O–H groups in total. The van der Waals surface area contributed by atoms with Crippen LogP contribution in [-0.4, -0.2) is 46.4 Å². The van der Waals surface area contributed by atoms with E-state index in [4.69, 9.17) is 0 Å². The lowest BCUT2D eigenvalue weighted by molar-refractivity contribution is -0.149. The number of amides is 2. The van der Waals surface area contributed by atoms with Crippen LogP contribution in [0.25, 0.3) is 0 Å². The van der Waals surface area contributed by atoms with Crippen molar-refractivity contribution in [2.45, 2.75) is 51.6 Å². The van der Waals surface area contributed by atoms with E-state index in [1.807, 2.05) is 19.9 Å². The Kier molecular flexibility index (Phi) is 6.21. The molecule has 1 aliphatic heterocycles. The van der Waals surface area contributed by atoms with Crippen molar-refractivity contribution in [2.24, 2.45) is 5.92 Å². The first kappa shape index (κ1) is 18.7. The Morgan fingerprint density at radius 1 is 1.38 bits per heavy atom. The predicted octanol–water partition coefficient (Wildman–Crippen LogP) is 2.20. The molecule has 2 rings (SSSR count). The summed E-state index contributed by atoms with van der Waals surface area (Å²) in [6.45, 7) is 4.11. The summed E-state index contributed by atoms with van der Waals surface area (Å²) in [5.41, 5.74) is 0.530. The molecule has 2 atom stereocenters. The minimum atomic E-state index is -0.989. The van der Waals surface area contributed by atoms with Gasteiger partial charge in [0.25, 0.3) is 5.91 Å². The van der Waals surface area contributed by atoms with Crippen molar-refractivity contribution in [3.63, 3.8) is 0 Å². The van der Waals surface area contributed by atoms with Crippen LogP contribution in [-0.2, 0) is 14.4 Å². The fourth-order valence-corrected chi connectivity index (χ4v) is 3.50. The molecule has 132 valence electrons. The summed E-state index contributed by atoms with van der Waals surface area (Å²) in [6, 6.07) is -1.52. The van der Waals surface area contributed by atoms with E-state index in [2.05, 4.69) is 21.2 Å². The number of likely N-dealkylation sites (tertiary alicyclic amines) is 1. The number of nitrogens with zero attached hydrogens (tertiary/aromatic N) is 1. The monoisotopic (exact) mass is 398 g/mol. The lowest BCUT2D eigenvalue weighted by atomic mass is 10.0. The van der Waals surface area contributed by atoms with Crippen LogP contribution < -0.4 is 5.32 Å². The second kappa shape index (κ2) is 7.96. The molecule has 6 nitrogen and oxygen atoms in total. The molecule has 0 bridgehead atoms. The van der Waals surface area contributed by atoms with Gasteiger partial charge in [0.1, 0.15) is 12.1 Å². The number of rotatable bonds is 5. The van der Waals surface area contributed by atoms with Crippen LogP contribution in [0.2, 0.25) is 0 Å². The summed E-state index contributed by atoms with van der Waals surface area (Å²) in [5.74, 6) is -1.74. The summed E-state index contributed by atoms with van der Waals surface area (Å²) in [7, 11) is 0. The van der Waals surface area contributed by atoms with Gasteiger partial charge < -0.3 is 15.3 Å². The van der Waals surface area contributed by atoms with E-state index in [1.165, 1.54) is 4.90 Å². The Labute approximate surface area is 150 Å². The normalized spacial score (nSPS) is 22.0. The summed E-state index contributed by atoms with van der Waals surface area (Å²) >= 11 is 3.40. The van der Waals surface area contributed by atoms with E-state index in [-0.39, 0.29) is 17.7 Å². The summed E-state index contributed by atoms with van der Waals surface area (Å²) in [6.07, 6.45) is 6.36. The molecule has 0 aromatic heterocycles. The van der Waals surface area contributed by atoms with Crippen molar-refractivity contribution in [1.82, 2.24) is 10.2 Å². The Morgan fingerprint density at radius 2 is 2.08 bits per heavy atom. The zero-order chi connectivity index (χ0) is 17.9. The molecule has 2 amide bonds. The standard InChI is InChI=1S/C17H23BrN2O4/c1-10(2)14(16(22)20-8-4-7-13(20)17(23)24)19-15(21)11-5-3-6-12(18)9-11/h5,9-10,13-14H,3-4,6-8H2,1-2H3,(H,19,21)(H,23,24)/t13-,14-/m0/s1. The molecule has 1 fully saturated rings. The molecule has 0 aromatic rings. The SMILES string of the molecule is CC(C)[C@H](NC(=O)C1=CCCC(Br)=C1)C(=O)N1CCC[C@H]1C(=O)O. The van der Waals surface area contributed by atoms with Crippen molar-refractivity contribution in [2.75, 3.05) is 6.54 Å². The first-order valence-corrected chi connectivity index (χ1v) is 9.01. The van der Waals surface area contributed by atoms with Crippen LogP contribution in [0.4, 0.5) is 0 Å². The highest BCUT2D eigenvalue weighted by Crippen LogP contribution is 2.23. The van der Waals surface area contributed by atoms with E-state index in [9.17, 15) is 19.5 Å². The largest absolute Gasteiger partial charge is 0.480 e. The molecular formula is C17H23BrN2O4. The number of nitrogens with one attached hydrogen (secondary N) is 1. The highest BCUT2D eigenvalue weighted by molar-refractivity contribution is 9.11. The van der Waals surface area contributed by atoms with Gasteiger partial charge in [-0.2, -0.15) is 0 Å². The van der Waals surface area contributed by atoms with Gasteiger partial charge in [-0.3, -0.25) is 9.59 Å². The van der Waals surface area contributed by atoms with Crippen LogP contribution in [0.1, 0.15) is 39.5 Å². The number of hydrogen-bond acceptors (Lipinski definition) is 3. The van der Waals surface area contributed by atoms with Crippen LogP contribution >= 0.6 is 15.9 Å². The minimum absolute atomic E-state index is 0.131. The van der Waals surface area contributed by atoms with E-state index in [1.54, 1.807) is 6.08 Å². The maximum absolute atomic E-state index is 12.8. The van der Waals surface area contributed by atoms with Gasteiger partial charge in [-0.05, 0) is 42.2 Å². The second-order valence-corrected chi connectivity index (χ2v) is 7.53. The third-order valence-electron chi connectivity index (χ3n) is 4.36. The molecule has 0 saturated carbocycles. The smallest absolute Gasteiger partial charge is 0.326 e. The van der Waals surface area contributed by atoms with Gasteiger partial charge in [-0.1, -0.05) is 35.9 Å². The second-order valence-electron chi connectivity index (χ2n) is 6.51. The first-order chi connectivity index (χ1) is 11.3. The number of carbonyl (C=O) groups is 3. The van der Waals surface area contributed by atoms with Crippen molar-refractivity contribution in [3.8, 4) is 0 Å². The van der Waals surface area contributed by atoms with Crippen molar-refractivity contribution < 1.29 is 19.5 Å². The Bertz CT molecular complexity index is 597. The van der Waals surface area contributed by atoms with Crippen LogP contribution in [0, 0.1) is 5.92 Å². The zero-order valence-electron chi connectivity index (χ0n) is 13.9. The van der Waals surface area contributed by atoms with Gasteiger partial charge in [0.15, 0.2) is 0 Å². The molecule has 24 heavy (non-hydrogen) atoms. The molecule has 0 spiro atoms. The molecule has 0 aromatic carbocycles. The van der Waals surface area contributed by atoms with Crippen LogP contribution in [0.3, 0.4) is 0 Å². The highest BCUT2D eigenvalue weighted by Gasteiger charge is 2.38. The van der Waals surface area contributed by atoms with Gasteiger partial charge in [0, 0.05) is 12.1 Å². The highest BCUT2D eigenvalue weighted by atomic mass is 79.9. The third kappa shape index (κ3) is 4.26. The van der Waals surface area contributed by atoms with Crippen molar-refractivity contribution >= 4 is 33.7 Å². The molecule has 0 unspecified atom stereocenters. The number of aliphatic carboxylic acids is 1. The molecule has 7 heteroatoms. The number of hydrogen-bond donors (Lipinski definition) is 2. The summed E-state index contributed by atoms with van der Waals surface area (Å²) in [5, 5.41) is 12.1. The van der Waals surface area contributed by atoms with Crippen molar-refractivity contribution in [3.05, 3.63) is 22.2 Å². The third-order valence-corrected chi connectivity index (χ3v) is 4.99. The fraction of sp³-hybridized carbons (Fsp3) is 0.588. The predicted molar refractivity (Wildman–Crippen MR) is 93.5 cm³/mol. The molecule has 0 radical (unpaired) electrons. The number of carbonyl (C=O) groups excluding carboxylic acids is 2. The maximum Gasteiger partial charge on any atom is 0.326 e. The van der Waals surface area contributed by atoms with E-state index in [0.717, 1.165) is 17.3 Å². The fourth-order valence-electron chi connectivity index (χ4n) is 3.03. The van der Waals surface area contributed by atoms with Gasteiger partial charge in [0.05, 0.1) is 0 Å². The van der Waals surface area contributed by atoms with Gasteiger partial charge in [0.2, 0.25) is 5.91 Å². The minimum Gasteiger partial charge on any atom is -0.480 e. The van der Waals surface area contributed by atoms with Gasteiger partial charge in [-0.25, -0.2) is 4.79 Å². The lowest BCUT2D eigenvalue weighted by Gasteiger charge is -2.29. The number of carboxylic acid groups (broad SMARTS) is 1. The van der Waals surface area contributed by atoms with Crippen molar-refractivity contribution in [1.29, 1.82) is 0 Å². The van der Waals surface area contributed by atoms with Crippen LogP contribution in [0.15, 0.2) is 22.2 Å². The average Bonchev–Trinajstić information content (AvgIpc) is 3.01. The molecule has 1 saturated heterocycles. The summed E-state index contributed by atoms with van der Waals surface area (Å²) in [4.78, 5) is 37.9. The number of allylic oxidation sites excluding steroid dienone is 2. The molecule has 1 aliphatic carbocycles.